The van der Waals surface area contributed by atoms with Crippen LogP contribution in [-0.4, -0.2) is 24.5 Å². The lowest BCUT2D eigenvalue weighted by atomic mass is 9.90. The van der Waals surface area contributed by atoms with E-state index in [0.29, 0.717) is 16.1 Å². The third-order valence-corrected chi connectivity index (χ3v) is 7.39. The molecule has 2 rings (SSSR count). The van der Waals surface area contributed by atoms with Crippen molar-refractivity contribution in [2.75, 3.05) is 5.32 Å². The van der Waals surface area contributed by atoms with Crippen LogP contribution in [-0.2, 0) is 15.6 Å². The first-order chi connectivity index (χ1) is 13.8. The van der Waals surface area contributed by atoms with Gasteiger partial charge in [0.05, 0.1) is 22.1 Å². The highest BCUT2D eigenvalue weighted by molar-refractivity contribution is 7.92. The lowest BCUT2D eigenvalue weighted by molar-refractivity contribution is 0.0823. The van der Waals surface area contributed by atoms with Gasteiger partial charge in [-0.15, -0.1) is 11.3 Å². The quantitative estimate of drug-likeness (QED) is 0.609. The Morgan fingerprint density at radius 2 is 1.73 bits per heavy atom. The predicted molar refractivity (Wildman–Crippen MR) is 116 cm³/mol. The largest absolute Gasteiger partial charge is 0.385 e. The molecular formula is C20H26N4O4S2. The van der Waals surface area contributed by atoms with Crippen molar-refractivity contribution < 1.29 is 18.3 Å². The van der Waals surface area contributed by atoms with Crippen molar-refractivity contribution >= 4 is 33.1 Å². The van der Waals surface area contributed by atoms with Gasteiger partial charge < -0.3 is 10.4 Å². The highest BCUT2D eigenvalue weighted by Gasteiger charge is 2.27. The number of thiazole rings is 1. The molecule has 0 spiro atoms. The van der Waals surface area contributed by atoms with E-state index in [4.69, 9.17) is 0 Å². The summed E-state index contributed by atoms with van der Waals surface area (Å²) in [5, 5.41) is 22.0. The third kappa shape index (κ3) is 5.36. The zero-order chi connectivity index (χ0) is 22.9. The van der Waals surface area contributed by atoms with Gasteiger partial charge in [0.25, 0.3) is 10.0 Å². The number of urea groups is 1. The minimum absolute atomic E-state index is 0.00369. The molecule has 0 fully saturated rings. The van der Waals surface area contributed by atoms with E-state index in [-0.39, 0.29) is 16.2 Å². The number of hydrogen-bond acceptors (Lipinski definition) is 7. The summed E-state index contributed by atoms with van der Waals surface area (Å²) >= 11 is 0.788. The van der Waals surface area contributed by atoms with E-state index < -0.39 is 21.7 Å². The van der Waals surface area contributed by atoms with Crippen LogP contribution in [0.15, 0.2) is 22.7 Å². The third-order valence-electron chi connectivity index (χ3n) is 4.36. The second-order valence-electron chi connectivity index (χ2n) is 8.06. The normalized spacial score (nSPS) is 12.1. The number of carbonyl (C=O) groups is 1. The summed E-state index contributed by atoms with van der Waals surface area (Å²) in [6, 6.07) is 4.58. The Balaban J connectivity index is 2.36. The average molecular weight is 451 g/mol. The standard InChI is InChI=1S/C20H26N4O4S2/c1-11(2)14-7-13(9-21)8-15(12(3)4)17(14)23-18(25)24-30(27,28)19-22-10-16(29-19)20(5,6)26/h7-8,10-12,26H,1-6H3,(H2,23,24,25). The van der Waals surface area contributed by atoms with Gasteiger partial charge in [-0.05, 0) is 48.9 Å². The maximum absolute atomic E-state index is 12.6. The van der Waals surface area contributed by atoms with Gasteiger partial charge >= 0.3 is 6.03 Å². The van der Waals surface area contributed by atoms with E-state index in [9.17, 15) is 23.6 Å². The van der Waals surface area contributed by atoms with E-state index in [1.165, 1.54) is 20.0 Å². The maximum Gasteiger partial charge on any atom is 0.333 e. The number of sulfonamides is 1. The van der Waals surface area contributed by atoms with Crippen LogP contribution in [0.5, 0.6) is 0 Å². The van der Waals surface area contributed by atoms with Crippen molar-refractivity contribution in [2.45, 2.75) is 63.3 Å². The summed E-state index contributed by atoms with van der Waals surface area (Å²) < 4.78 is 26.8. The van der Waals surface area contributed by atoms with E-state index in [0.717, 1.165) is 22.5 Å². The summed E-state index contributed by atoms with van der Waals surface area (Å²) in [4.78, 5) is 16.8. The Labute approximate surface area is 181 Å². The molecule has 2 amide bonds. The first-order valence-electron chi connectivity index (χ1n) is 9.36. The zero-order valence-corrected chi connectivity index (χ0v) is 19.4. The summed E-state index contributed by atoms with van der Waals surface area (Å²) in [5.41, 5.74) is 1.20. The Hall–Kier alpha value is -2.48. The molecular weight excluding hydrogens is 424 g/mol. The van der Waals surface area contributed by atoms with Crippen molar-refractivity contribution in [1.82, 2.24) is 9.71 Å². The molecule has 0 saturated heterocycles. The number of nitriles is 1. The van der Waals surface area contributed by atoms with E-state index >= 15 is 0 Å². The second-order valence-corrected chi connectivity index (χ2v) is 10.9. The van der Waals surface area contributed by atoms with Crippen LogP contribution >= 0.6 is 11.3 Å². The molecule has 8 nitrogen and oxygen atoms in total. The molecule has 30 heavy (non-hydrogen) atoms. The molecule has 0 bridgehead atoms. The molecule has 162 valence electrons. The molecule has 10 heteroatoms. The zero-order valence-electron chi connectivity index (χ0n) is 17.8. The number of amides is 2. The minimum atomic E-state index is -4.22. The molecule has 0 aliphatic rings. The average Bonchev–Trinajstić information content (AvgIpc) is 3.12. The molecule has 0 aliphatic heterocycles. The number of benzene rings is 1. The highest BCUT2D eigenvalue weighted by atomic mass is 32.2. The van der Waals surface area contributed by atoms with Gasteiger partial charge in [0.15, 0.2) is 0 Å². The van der Waals surface area contributed by atoms with Crippen LogP contribution in [0.4, 0.5) is 10.5 Å². The topological polar surface area (TPSA) is 132 Å². The predicted octanol–water partition coefficient (Wildman–Crippen LogP) is 4.00. The molecule has 0 unspecified atom stereocenters. The molecule has 2 aromatic rings. The van der Waals surface area contributed by atoms with Crippen molar-refractivity contribution in [3.05, 3.63) is 39.9 Å². The van der Waals surface area contributed by atoms with Crippen LogP contribution in [0, 0.1) is 11.3 Å². The van der Waals surface area contributed by atoms with E-state index in [2.05, 4.69) is 16.4 Å². The summed E-state index contributed by atoms with van der Waals surface area (Å²) in [7, 11) is -4.22. The van der Waals surface area contributed by atoms with Crippen LogP contribution in [0.2, 0.25) is 0 Å². The van der Waals surface area contributed by atoms with Gasteiger partial charge in [-0.2, -0.15) is 13.7 Å². The lowest BCUT2D eigenvalue weighted by Crippen LogP contribution is -2.35. The fraction of sp³-hybridized carbons (Fsp3) is 0.450. The molecule has 0 radical (unpaired) electrons. The Bertz CT molecular complexity index is 1060. The first-order valence-corrected chi connectivity index (χ1v) is 11.7. The lowest BCUT2D eigenvalue weighted by Gasteiger charge is -2.21. The van der Waals surface area contributed by atoms with Gasteiger partial charge in [0.2, 0.25) is 4.34 Å². The van der Waals surface area contributed by atoms with Gasteiger partial charge in [-0.1, -0.05) is 27.7 Å². The van der Waals surface area contributed by atoms with E-state index in [1.807, 2.05) is 32.4 Å². The van der Waals surface area contributed by atoms with Crippen LogP contribution in [0.25, 0.3) is 0 Å². The van der Waals surface area contributed by atoms with Gasteiger partial charge in [0.1, 0.15) is 0 Å². The van der Waals surface area contributed by atoms with Gasteiger partial charge in [-0.3, -0.25) is 0 Å². The summed E-state index contributed by atoms with van der Waals surface area (Å²) in [6.07, 6.45) is 1.27. The van der Waals surface area contributed by atoms with Crippen LogP contribution in [0.3, 0.4) is 0 Å². The van der Waals surface area contributed by atoms with Crippen LogP contribution in [0.1, 0.15) is 74.9 Å². The fourth-order valence-electron chi connectivity index (χ4n) is 2.78. The Morgan fingerprint density at radius 1 is 1.20 bits per heavy atom. The number of rotatable bonds is 6. The molecule has 3 N–H and O–H groups in total. The maximum atomic E-state index is 12.6. The van der Waals surface area contributed by atoms with Gasteiger partial charge in [0, 0.05) is 11.9 Å². The highest BCUT2D eigenvalue weighted by Crippen LogP contribution is 2.34. The number of carbonyl (C=O) groups excluding carboxylic acids is 1. The molecule has 1 aromatic heterocycles. The van der Waals surface area contributed by atoms with Crippen molar-refractivity contribution in [1.29, 1.82) is 5.26 Å². The molecule has 0 atom stereocenters. The number of aliphatic hydroxyl groups is 1. The monoisotopic (exact) mass is 450 g/mol. The Morgan fingerprint density at radius 3 is 2.13 bits per heavy atom. The van der Waals surface area contributed by atoms with Crippen molar-refractivity contribution in [3.63, 3.8) is 0 Å². The number of aromatic nitrogens is 1. The van der Waals surface area contributed by atoms with Crippen molar-refractivity contribution in [3.8, 4) is 6.07 Å². The van der Waals surface area contributed by atoms with Gasteiger partial charge in [-0.25, -0.2) is 14.5 Å². The SMILES string of the molecule is CC(C)c1cc(C#N)cc(C(C)C)c1NC(=O)NS(=O)(=O)c1ncc(C(C)(C)O)s1. The van der Waals surface area contributed by atoms with Crippen molar-refractivity contribution in [2.24, 2.45) is 0 Å². The number of nitrogens with one attached hydrogen (secondary N) is 2. The molecule has 0 aliphatic carbocycles. The summed E-state index contributed by atoms with van der Waals surface area (Å²) in [5.74, 6) is -0.00738. The summed E-state index contributed by atoms with van der Waals surface area (Å²) in [6.45, 7) is 10.7. The van der Waals surface area contributed by atoms with Crippen LogP contribution < -0.4 is 10.0 Å². The number of anilines is 1. The fourth-order valence-corrected chi connectivity index (χ4v) is 4.83. The molecule has 1 aromatic carbocycles. The first kappa shape index (κ1) is 23.8. The smallest absolute Gasteiger partial charge is 0.333 e. The molecule has 0 saturated carbocycles. The molecule has 1 heterocycles. The van der Waals surface area contributed by atoms with E-state index in [1.54, 1.807) is 12.1 Å². The number of hydrogen-bond donors (Lipinski definition) is 3. The number of nitrogens with zero attached hydrogens (tertiary/aromatic N) is 2. The Kier molecular flexibility index (Phi) is 6.91. The minimum Gasteiger partial charge on any atom is -0.385 e. The second kappa shape index (κ2) is 8.71.